The van der Waals surface area contributed by atoms with Crippen molar-refractivity contribution < 1.29 is 18.9 Å². The first-order chi connectivity index (χ1) is 26.7. The maximum atomic E-state index is 6.19. The summed E-state index contributed by atoms with van der Waals surface area (Å²) >= 11 is 0. The second-order valence-electron chi connectivity index (χ2n) is 12.0. The second-order valence-corrected chi connectivity index (χ2v) is 12.0. The van der Waals surface area contributed by atoms with Crippen LogP contribution in [0.2, 0.25) is 0 Å². The van der Waals surface area contributed by atoms with E-state index < -0.39 is 0 Å². The molecule has 0 unspecified atom stereocenters. The van der Waals surface area contributed by atoms with Crippen LogP contribution in [0.4, 0.5) is 0 Å². The van der Waals surface area contributed by atoms with Crippen LogP contribution in [0.5, 0.6) is 46.5 Å². The van der Waals surface area contributed by atoms with Gasteiger partial charge in [0.15, 0.2) is 0 Å². The van der Waals surface area contributed by atoms with Crippen LogP contribution in [-0.2, 0) is 0 Å². The minimum atomic E-state index is 0.118. The first-order valence-electron chi connectivity index (χ1n) is 16.9. The Kier molecular flexibility index (Phi) is 7.46. The molecule has 0 aliphatic heterocycles. The summed E-state index contributed by atoms with van der Waals surface area (Å²) in [6, 6.07) is 44.9. The second kappa shape index (κ2) is 13.0. The summed E-state index contributed by atoms with van der Waals surface area (Å²) in [6.45, 7) is 0. The van der Waals surface area contributed by atoms with Crippen molar-refractivity contribution in [1.29, 1.82) is 0 Å². The van der Waals surface area contributed by atoms with E-state index in [4.69, 9.17) is 58.8 Å². The molecule has 0 N–H and O–H groups in total. The van der Waals surface area contributed by atoms with Gasteiger partial charge >= 0.3 is 0 Å². The van der Waals surface area contributed by atoms with Gasteiger partial charge in [0.2, 0.25) is 22.6 Å². The zero-order chi connectivity index (χ0) is 35.8. The highest BCUT2D eigenvalue weighted by Crippen LogP contribution is 2.38. The molecular formula is C42H24N8O4. The SMILES string of the molecule is c1ccc(Oc2nc3nc4c5ccccc5c5nc6nc(Oc7ccccc7)c(Oc7ccccc7)nc6nc5c4nc3nc2Oc2ccccc2)cc1. The number of aromatic nitrogens is 8. The van der Waals surface area contributed by atoms with E-state index in [9.17, 15) is 0 Å². The van der Waals surface area contributed by atoms with Crippen molar-refractivity contribution in [2.24, 2.45) is 0 Å². The number of rotatable bonds is 8. The Hall–Kier alpha value is -7.86. The van der Waals surface area contributed by atoms with Crippen LogP contribution < -0.4 is 18.9 Å². The Balaban J connectivity index is 1.20. The van der Waals surface area contributed by atoms with Gasteiger partial charge in [0.05, 0.1) is 0 Å². The van der Waals surface area contributed by atoms with Crippen molar-refractivity contribution in [2.75, 3.05) is 0 Å². The topological polar surface area (TPSA) is 140 Å². The molecule has 4 aromatic heterocycles. The smallest absolute Gasteiger partial charge is 0.286 e. The first-order valence-corrected chi connectivity index (χ1v) is 16.9. The lowest BCUT2D eigenvalue weighted by Crippen LogP contribution is -2.03. The maximum absolute atomic E-state index is 6.19. The van der Waals surface area contributed by atoms with E-state index in [-0.39, 0.29) is 46.1 Å². The van der Waals surface area contributed by atoms with Gasteiger partial charge in [0.1, 0.15) is 45.1 Å². The summed E-state index contributed by atoms with van der Waals surface area (Å²) in [5.41, 5.74) is 2.94. The van der Waals surface area contributed by atoms with Crippen LogP contribution in [0.3, 0.4) is 0 Å². The molecule has 10 rings (SSSR count). The summed E-state index contributed by atoms with van der Waals surface area (Å²) in [5, 5.41) is 1.58. The molecule has 12 nitrogen and oxygen atoms in total. The van der Waals surface area contributed by atoms with E-state index in [0.29, 0.717) is 45.1 Å². The number of hydrogen-bond acceptors (Lipinski definition) is 12. The average molecular weight is 705 g/mol. The van der Waals surface area contributed by atoms with Crippen LogP contribution in [0.25, 0.3) is 55.4 Å². The highest BCUT2D eigenvalue weighted by Gasteiger charge is 2.22. The Bertz CT molecular complexity index is 2790. The van der Waals surface area contributed by atoms with E-state index in [1.165, 1.54) is 0 Å². The third-order valence-electron chi connectivity index (χ3n) is 8.41. The monoisotopic (exact) mass is 704 g/mol. The average Bonchev–Trinajstić information content (AvgIpc) is 3.22. The zero-order valence-corrected chi connectivity index (χ0v) is 28.1. The van der Waals surface area contributed by atoms with Gasteiger partial charge in [-0.15, -0.1) is 0 Å². The standard InChI is InChI=1S/C42H24N8O4/c1-5-15-25(16-6-1)51-39-41(53-27-19-9-3-10-20-27)49-37-35(47-39)43-31-29-23-13-14-24-30(29)32-34(33(31)45-37)46-38-36(44-32)48-40(52-26-17-7-2-8-18-26)42(50-38)54-28-21-11-4-12-22-28/h1-24H. The summed E-state index contributed by atoms with van der Waals surface area (Å²) in [5.74, 6) is 2.73. The maximum Gasteiger partial charge on any atom is 0.286 e. The zero-order valence-electron chi connectivity index (χ0n) is 28.1. The van der Waals surface area contributed by atoms with E-state index >= 15 is 0 Å². The number of nitrogens with zero attached hydrogens (tertiary/aromatic N) is 8. The molecule has 0 spiro atoms. The van der Waals surface area contributed by atoms with Crippen LogP contribution in [0, 0.1) is 0 Å². The van der Waals surface area contributed by atoms with Crippen molar-refractivity contribution in [3.8, 4) is 46.5 Å². The molecule has 54 heavy (non-hydrogen) atoms. The largest absolute Gasteiger partial charge is 0.435 e. The van der Waals surface area contributed by atoms with Crippen molar-refractivity contribution in [1.82, 2.24) is 39.9 Å². The highest BCUT2D eigenvalue weighted by atomic mass is 16.5. The lowest BCUT2D eigenvalue weighted by atomic mass is 10.1. The highest BCUT2D eigenvalue weighted by molar-refractivity contribution is 6.22. The molecule has 0 saturated heterocycles. The van der Waals surface area contributed by atoms with Gasteiger partial charge in [-0.1, -0.05) is 97.1 Å². The Morgan fingerprint density at radius 2 is 0.481 bits per heavy atom. The van der Waals surface area contributed by atoms with Crippen molar-refractivity contribution in [2.45, 2.75) is 0 Å². The van der Waals surface area contributed by atoms with Crippen LogP contribution >= 0.6 is 0 Å². The molecule has 256 valence electrons. The quantitative estimate of drug-likeness (QED) is 0.110. The number of para-hydroxylation sites is 4. The fraction of sp³-hybridized carbons (Fsp3) is 0. The first kappa shape index (κ1) is 30.9. The molecule has 0 radical (unpaired) electrons. The summed E-state index contributed by atoms with van der Waals surface area (Å²) in [6.07, 6.45) is 0. The molecule has 0 aliphatic carbocycles. The Morgan fingerprint density at radius 3 is 0.759 bits per heavy atom. The molecule has 0 saturated carbocycles. The Morgan fingerprint density at radius 1 is 0.241 bits per heavy atom. The molecule has 0 bridgehead atoms. The van der Waals surface area contributed by atoms with E-state index in [0.717, 1.165) is 10.8 Å². The molecule has 10 aromatic rings. The van der Waals surface area contributed by atoms with Gasteiger partial charge in [0.25, 0.3) is 23.5 Å². The van der Waals surface area contributed by atoms with Crippen LogP contribution in [0.1, 0.15) is 0 Å². The van der Waals surface area contributed by atoms with E-state index in [1.807, 2.05) is 146 Å². The fourth-order valence-corrected chi connectivity index (χ4v) is 5.98. The van der Waals surface area contributed by atoms with Gasteiger partial charge in [0, 0.05) is 10.8 Å². The molecule has 0 atom stereocenters. The van der Waals surface area contributed by atoms with Crippen LogP contribution in [0.15, 0.2) is 146 Å². The van der Waals surface area contributed by atoms with Gasteiger partial charge < -0.3 is 18.9 Å². The fourth-order valence-electron chi connectivity index (χ4n) is 5.98. The molecule has 0 aliphatic rings. The van der Waals surface area contributed by atoms with E-state index in [2.05, 4.69) is 0 Å². The minimum absolute atomic E-state index is 0.118. The number of hydrogen-bond donors (Lipinski definition) is 0. The molecule has 6 aromatic carbocycles. The molecule has 0 amide bonds. The van der Waals surface area contributed by atoms with Crippen molar-refractivity contribution in [3.05, 3.63) is 146 Å². The predicted molar refractivity (Wildman–Crippen MR) is 202 cm³/mol. The normalized spacial score (nSPS) is 11.3. The predicted octanol–water partition coefficient (Wildman–Crippen LogP) is 9.78. The molecule has 0 fully saturated rings. The van der Waals surface area contributed by atoms with Gasteiger partial charge in [-0.25, -0.2) is 19.9 Å². The van der Waals surface area contributed by atoms with Crippen molar-refractivity contribution in [3.63, 3.8) is 0 Å². The Labute approximate surface area is 305 Å². The molecule has 4 heterocycles. The third-order valence-corrected chi connectivity index (χ3v) is 8.41. The third kappa shape index (κ3) is 5.79. The summed E-state index contributed by atoms with van der Waals surface area (Å²) in [4.78, 5) is 39.1. The van der Waals surface area contributed by atoms with Crippen molar-refractivity contribution >= 4 is 55.4 Å². The number of fused-ring (bicyclic) bond motifs is 8. The molecular weight excluding hydrogens is 681 g/mol. The lowest BCUT2D eigenvalue weighted by Gasteiger charge is -2.13. The number of benzene rings is 6. The lowest BCUT2D eigenvalue weighted by molar-refractivity contribution is 0.394. The van der Waals surface area contributed by atoms with Crippen LogP contribution in [-0.4, -0.2) is 39.9 Å². The van der Waals surface area contributed by atoms with Gasteiger partial charge in [-0.2, -0.15) is 19.9 Å². The van der Waals surface area contributed by atoms with Gasteiger partial charge in [-0.3, -0.25) is 0 Å². The number of ether oxygens (including phenoxy) is 4. The van der Waals surface area contributed by atoms with E-state index in [1.54, 1.807) is 0 Å². The molecule has 12 heteroatoms. The summed E-state index contributed by atoms with van der Waals surface area (Å²) < 4.78 is 24.8. The van der Waals surface area contributed by atoms with Gasteiger partial charge in [-0.05, 0) is 48.5 Å². The minimum Gasteiger partial charge on any atom is -0.435 e. The summed E-state index contributed by atoms with van der Waals surface area (Å²) in [7, 11) is 0.